The molecule has 8 nitrogen and oxygen atoms in total. The molecule has 2 aromatic rings. The smallest absolute Gasteiger partial charge is 0.264 e. The molecule has 2 aromatic carbocycles. The Kier molecular flexibility index (Phi) is 9.74. The molecule has 0 unspecified atom stereocenters. The van der Waals surface area contributed by atoms with Crippen LogP contribution in [0.3, 0.4) is 0 Å². The lowest BCUT2D eigenvalue weighted by molar-refractivity contribution is 0.0761. The summed E-state index contributed by atoms with van der Waals surface area (Å²) in [5, 5.41) is 0. The highest BCUT2D eigenvalue weighted by Crippen LogP contribution is 2.23. The van der Waals surface area contributed by atoms with Crippen LogP contribution in [0, 0.1) is 0 Å². The van der Waals surface area contributed by atoms with Crippen molar-refractivity contribution in [3.63, 3.8) is 0 Å². The van der Waals surface area contributed by atoms with Gasteiger partial charge in [0.2, 0.25) is 0 Å². The molecule has 0 saturated carbocycles. The van der Waals surface area contributed by atoms with Gasteiger partial charge in [-0.1, -0.05) is 44.4 Å². The van der Waals surface area contributed by atoms with Crippen LogP contribution in [0.25, 0.3) is 0 Å². The van der Waals surface area contributed by atoms with Gasteiger partial charge in [0.05, 0.1) is 12.3 Å². The van der Waals surface area contributed by atoms with Crippen LogP contribution in [0.2, 0.25) is 0 Å². The summed E-state index contributed by atoms with van der Waals surface area (Å²) in [6, 6.07) is 14.7. The number of benzene rings is 2. The van der Waals surface area contributed by atoms with Crippen LogP contribution >= 0.6 is 0 Å². The number of amides is 1. The number of rotatable bonds is 10. The van der Waals surface area contributed by atoms with Gasteiger partial charge in [0.25, 0.3) is 15.9 Å². The fraction of sp³-hybridized carbons (Fsp3) is 0.290. The second-order valence-corrected chi connectivity index (χ2v) is 11.3. The number of allylic oxidation sites excluding steroid dienone is 5. The van der Waals surface area contributed by atoms with Crippen molar-refractivity contribution >= 4 is 27.3 Å². The van der Waals surface area contributed by atoms with Gasteiger partial charge in [-0.3, -0.25) is 19.4 Å². The Labute approximate surface area is 237 Å². The van der Waals surface area contributed by atoms with Crippen LogP contribution in [-0.4, -0.2) is 62.6 Å². The van der Waals surface area contributed by atoms with E-state index in [-0.39, 0.29) is 16.5 Å². The summed E-state index contributed by atoms with van der Waals surface area (Å²) in [5.41, 5.74) is 2.80. The number of hydrogen-bond donors (Lipinski definition) is 1. The molecular formula is C31H36N4O4S. The molecule has 1 amide bonds. The van der Waals surface area contributed by atoms with E-state index >= 15 is 0 Å². The van der Waals surface area contributed by atoms with Crippen molar-refractivity contribution < 1.29 is 17.9 Å². The Morgan fingerprint density at radius 2 is 1.82 bits per heavy atom. The number of nitrogens with zero attached hydrogens (tertiary/aromatic N) is 3. The van der Waals surface area contributed by atoms with E-state index in [2.05, 4.69) is 46.8 Å². The van der Waals surface area contributed by atoms with Gasteiger partial charge < -0.3 is 9.64 Å². The number of nitrogens with one attached hydrogen (secondary N) is 1. The fourth-order valence-corrected chi connectivity index (χ4v) is 5.85. The van der Waals surface area contributed by atoms with Crippen LogP contribution in [0.4, 0.5) is 5.69 Å². The Balaban J connectivity index is 1.34. The predicted octanol–water partition coefficient (Wildman–Crippen LogP) is 5.16. The van der Waals surface area contributed by atoms with Crippen molar-refractivity contribution in [1.82, 2.24) is 9.80 Å². The molecule has 2 aliphatic rings. The monoisotopic (exact) mass is 560 g/mol. The molecule has 1 aliphatic carbocycles. The highest BCUT2D eigenvalue weighted by molar-refractivity contribution is 7.97. The van der Waals surface area contributed by atoms with Gasteiger partial charge in [0, 0.05) is 50.2 Å². The van der Waals surface area contributed by atoms with Gasteiger partial charge in [-0.15, -0.1) is 0 Å². The summed E-state index contributed by atoms with van der Waals surface area (Å²) in [5.74, 6) is 0.822. The molecule has 0 atom stereocenters. The minimum Gasteiger partial charge on any atom is -0.494 e. The highest BCUT2D eigenvalue weighted by Gasteiger charge is 2.26. The first-order chi connectivity index (χ1) is 19.3. The van der Waals surface area contributed by atoms with Crippen molar-refractivity contribution in [3.8, 4) is 5.75 Å². The van der Waals surface area contributed by atoms with E-state index < -0.39 is 10.0 Å². The van der Waals surface area contributed by atoms with E-state index in [0.29, 0.717) is 36.5 Å². The summed E-state index contributed by atoms with van der Waals surface area (Å²) < 4.78 is 34.3. The molecule has 0 radical (unpaired) electrons. The maximum atomic E-state index is 13.2. The summed E-state index contributed by atoms with van der Waals surface area (Å²) in [7, 11) is -3.93. The van der Waals surface area contributed by atoms with Gasteiger partial charge in [-0.05, 0) is 66.5 Å². The number of anilines is 1. The molecule has 210 valence electrons. The minimum absolute atomic E-state index is 0.00921. The van der Waals surface area contributed by atoms with Crippen LogP contribution in [0.1, 0.15) is 35.7 Å². The molecule has 0 aromatic heterocycles. The molecule has 0 bridgehead atoms. The largest absolute Gasteiger partial charge is 0.494 e. The number of ether oxygens (including phenoxy) is 1. The van der Waals surface area contributed by atoms with E-state index in [1.165, 1.54) is 17.8 Å². The second-order valence-electron chi connectivity index (χ2n) is 9.67. The molecule has 1 aliphatic heterocycles. The maximum absolute atomic E-state index is 13.2. The first-order valence-electron chi connectivity index (χ1n) is 13.4. The number of hydrogen-bond acceptors (Lipinski definition) is 6. The number of carbonyl (C=O) groups is 1. The van der Waals surface area contributed by atoms with Crippen molar-refractivity contribution in [2.45, 2.75) is 26.3 Å². The first-order valence-corrected chi connectivity index (χ1v) is 14.9. The summed E-state index contributed by atoms with van der Waals surface area (Å²) in [6.45, 7) is 14.0. The molecule has 0 spiro atoms. The summed E-state index contributed by atoms with van der Waals surface area (Å²) >= 11 is 0. The van der Waals surface area contributed by atoms with Gasteiger partial charge in [-0.2, -0.15) is 0 Å². The third kappa shape index (κ3) is 7.37. The van der Waals surface area contributed by atoms with Crippen LogP contribution < -0.4 is 9.46 Å². The Bertz CT molecular complexity index is 1420. The van der Waals surface area contributed by atoms with Crippen molar-refractivity contribution in [2.75, 3.05) is 37.5 Å². The third-order valence-corrected chi connectivity index (χ3v) is 8.07. The predicted molar refractivity (Wildman–Crippen MR) is 161 cm³/mol. The first kappa shape index (κ1) is 29.0. The molecule has 1 heterocycles. The number of sulfonamides is 1. The summed E-state index contributed by atoms with van der Waals surface area (Å²) in [6.07, 6.45) is 7.91. The zero-order valence-corrected chi connectivity index (χ0v) is 23.7. The van der Waals surface area contributed by atoms with Crippen LogP contribution in [-0.2, 0) is 16.6 Å². The summed E-state index contributed by atoms with van der Waals surface area (Å²) in [4.78, 5) is 21.6. The number of aliphatic imine (C=N–C) groups is 1. The van der Waals surface area contributed by atoms with E-state index in [9.17, 15) is 13.2 Å². The van der Waals surface area contributed by atoms with E-state index in [1.54, 1.807) is 36.4 Å². The minimum atomic E-state index is -3.93. The number of carbonyl (C=O) groups excluding carboxylic acids is 1. The highest BCUT2D eigenvalue weighted by atomic mass is 32.2. The molecular weight excluding hydrogens is 524 g/mol. The lowest BCUT2D eigenvalue weighted by Crippen LogP contribution is -2.35. The average molecular weight is 561 g/mol. The molecule has 1 N–H and O–H groups in total. The zero-order valence-electron chi connectivity index (χ0n) is 22.9. The quantitative estimate of drug-likeness (QED) is 0.434. The van der Waals surface area contributed by atoms with Gasteiger partial charge in [0.1, 0.15) is 10.7 Å². The van der Waals surface area contributed by atoms with E-state index in [0.717, 1.165) is 38.2 Å². The second kappa shape index (κ2) is 13.4. The Morgan fingerprint density at radius 1 is 1.07 bits per heavy atom. The van der Waals surface area contributed by atoms with Gasteiger partial charge >= 0.3 is 0 Å². The normalized spacial score (nSPS) is 17.3. The van der Waals surface area contributed by atoms with Gasteiger partial charge in [-0.25, -0.2) is 8.42 Å². The molecule has 1 fully saturated rings. The standard InChI is InChI=1S/C31H36N4O4S/c1-4-22-39-28-16-10-25(11-17-28)23-34-18-7-19-35(21-20-34)31(36)26-12-14-27(15-13-26)33-40(37,38)29-9-6-8-24(3)30(29)32-5-2/h5-6,8-17,33H,2-4,7,18-23H2,1H3. The molecule has 9 heteroatoms. The molecule has 4 rings (SSSR count). The van der Waals surface area contributed by atoms with Gasteiger partial charge in [0.15, 0.2) is 0 Å². The zero-order chi connectivity index (χ0) is 28.5. The van der Waals surface area contributed by atoms with E-state index in [1.807, 2.05) is 17.0 Å². The lowest BCUT2D eigenvalue weighted by atomic mass is 10.1. The van der Waals surface area contributed by atoms with Crippen molar-refractivity contribution in [2.24, 2.45) is 4.99 Å². The van der Waals surface area contributed by atoms with Crippen LogP contribution in [0.5, 0.6) is 5.75 Å². The Hall–Kier alpha value is -3.95. The fourth-order valence-electron chi connectivity index (χ4n) is 4.60. The lowest BCUT2D eigenvalue weighted by Gasteiger charge is -2.22. The van der Waals surface area contributed by atoms with Crippen molar-refractivity contribution in [3.05, 3.63) is 108 Å². The third-order valence-electron chi connectivity index (χ3n) is 6.65. The molecule has 1 saturated heterocycles. The topological polar surface area (TPSA) is 91.3 Å². The molecule has 40 heavy (non-hydrogen) atoms. The maximum Gasteiger partial charge on any atom is 0.264 e. The van der Waals surface area contributed by atoms with E-state index in [4.69, 9.17) is 4.74 Å². The van der Waals surface area contributed by atoms with Crippen molar-refractivity contribution in [1.29, 1.82) is 0 Å². The average Bonchev–Trinajstić information content (AvgIpc) is 3.19. The SMILES string of the molecule is C=CN=C1C(=C)C=CC=C1S(=O)(=O)Nc1ccc(C(=O)N2CCCN(Cc3ccc(OCCC)cc3)CC2)cc1. The Morgan fingerprint density at radius 3 is 2.52 bits per heavy atom. The van der Waals surface area contributed by atoms with Crippen LogP contribution in [0.15, 0.2) is 102 Å².